The van der Waals surface area contributed by atoms with Gasteiger partial charge in [-0.05, 0) is 49.4 Å². The van der Waals surface area contributed by atoms with Crippen molar-refractivity contribution in [2.24, 2.45) is 0 Å². The number of thiocarbonyl (C=S) groups is 1. The predicted octanol–water partition coefficient (Wildman–Crippen LogP) is 3.72. The van der Waals surface area contributed by atoms with Crippen molar-refractivity contribution in [3.8, 4) is 17.4 Å². The smallest absolute Gasteiger partial charge is 0.269 e. The topological polar surface area (TPSA) is 73.1 Å². The van der Waals surface area contributed by atoms with Gasteiger partial charge in [0.15, 0.2) is 0 Å². The molecule has 152 valence electrons. The van der Waals surface area contributed by atoms with E-state index in [1.54, 1.807) is 55.8 Å². The lowest BCUT2D eigenvalue weighted by Crippen LogP contribution is -2.27. The number of pyridine rings is 1. The molecule has 0 aliphatic carbocycles. The van der Waals surface area contributed by atoms with Crippen molar-refractivity contribution in [2.45, 2.75) is 6.92 Å². The van der Waals surface area contributed by atoms with Crippen LogP contribution in [0.2, 0.25) is 0 Å². The number of amides is 1. The summed E-state index contributed by atoms with van der Waals surface area (Å²) in [5, 5.41) is 0. The Morgan fingerprint density at radius 3 is 2.53 bits per heavy atom. The quantitative estimate of drug-likeness (QED) is 0.443. The van der Waals surface area contributed by atoms with Gasteiger partial charge in [-0.15, -0.1) is 0 Å². The molecule has 4 rings (SSSR count). The molecule has 7 nitrogen and oxygen atoms in total. The molecule has 1 aliphatic rings. The molecule has 9 heteroatoms. The van der Waals surface area contributed by atoms with Crippen LogP contribution >= 0.6 is 24.0 Å². The van der Waals surface area contributed by atoms with Crippen molar-refractivity contribution in [1.82, 2.24) is 14.3 Å². The van der Waals surface area contributed by atoms with Crippen molar-refractivity contribution in [1.29, 1.82) is 0 Å². The molecule has 1 saturated heterocycles. The van der Waals surface area contributed by atoms with Gasteiger partial charge in [0.2, 0.25) is 5.88 Å². The summed E-state index contributed by atoms with van der Waals surface area (Å²) in [6.07, 6.45) is 3.12. The van der Waals surface area contributed by atoms with E-state index in [2.05, 4.69) is 4.98 Å². The van der Waals surface area contributed by atoms with Crippen LogP contribution in [0.15, 0.2) is 58.4 Å². The summed E-state index contributed by atoms with van der Waals surface area (Å²) in [4.78, 5) is 32.2. The molecular formula is C21H17N3O4S2. The van der Waals surface area contributed by atoms with Crippen molar-refractivity contribution in [3.05, 3.63) is 69.5 Å². The number of aromatic nitrogens is 2. The van der Waals surface area contributed by atoms with Gasteiger partial charge in [-0.1, -0.05) is 30.0 Å². The summed E-state index contributed by atoms with van der Waals surface area (Å²) in [5.74, 6) is 1.04. The van der Waals surface area contributed by atoms with Gasteiger partial charge in [0.05, 0.1) is 12.0 Å². The molecule has 1 aliphatic heterocycles. The van der Waals surface area contributed by atoms with Crippen LogP contribution in [-0.4, -0.2) is 38.2 Å². The zero-order valence-electron chi connectivity index (χ0n) is 16.2. The summed E-state index contributed by atoms with van der Waals surface area (Å²) in [5.41, 5.74) is 0.265. The lowest BCUT2D eigenvalue weighted by Gasteiger charge is -2.11. The minimum absolute atomic E-state index is 0.109. The Hall–Kier alpha value is -3.17. The first-order valence-electron chi connectivity index (χ1n) is 9.10. The van der Waals surface area contributed by atoms with Gasteiger partial charge >= 0.3 is 0 Å². The molecule has 0 unspecified atom stereocenters. The zero-order chi connectivity index (χ0) is 21.3. The van der Waals surface area contributed by atoms with Crippen LogP contribution in [0, 0.1) is 0 Å². The average molecular weight is 440 g/mol. The molecule has 1 aromatic carbocycles. The molecule has 0 spiro atoms. The number of ether oxygens (including phenoxy) is 2. The number of carbonyl (C=O) groups excluding carboxylic acids is 1. The van der Waals surface area contributed by atoms with E-state index >= 15 is 0 Å². The number of fused-ring (bicyclic) bond motifs is 1. The first-order valence-corrected chi connectivity index (χ1v) is 10.3. The molecule has 2 aromatic heterocycles. The first-order chi connectivity index (χ1) is 14.5. The van der Waals surface area contributed by atoms with Gasteiger partial charge in [-0.25, -0.2) is 0 Å². The normalized spacial score (nSPS) is 15.3. The number of methoxy groups -OCH3 is 1. The van der Waals surface area contributed by atoms with E-state index in [4.69, 9.17) is 21.7 Å². The van der Waals surface area contributed by atoms with E-state index in [0.717, 1.165) is 11.8 Å². The van der Waals surface area contributed by atoms with E-state index in [1.807, 2.05) is 6.92 Å². The van der Waals surface area contributed by atoms with Crippen LogP contribution in [-0.2, 0) is 4.79 Å². The highest BCUT2D eigenvalue weighted by molar-refractivity contribution is 8.26. The van der Waals surface area contributed by atoms with E-state index < -0.39 is 0 Å². The number of hydrogen-bond donors (Lipinski definition) is 0. The van der Waals surface area contributed by atoms with Crippen molar-refractivity contribution >= 4 is 45.9 Å². The van der Waals surface area contributed by atoms with E-state index in [9.17, 15) is 9.59 Å². The van der Waals surface area contributed by atoms with Crippen LogP contribution in [0.25, 0.3) is 11.7 Å². The number of nitrogens with zero attached hydrogens (tertiary/aromatic N) is 3. The Bertz CT molecular complexity index is 1240. The summed E-state index contributed by atoms with van der Waals surface area (Å²) < 4.78 is 13.0. The predicted molar refractivity (Wildman–Crippen MR) is 120 cm³/mol. The third-order valence-electron chi connectivity index (χ3n) is 4.47. The van der Waals surface area contributed by atoms with Gasteiger partial charge in [-0.3, -0.25) is 18.9 Å². The lowest BCUT2D eigenvalue weighted by molar-refractivity contribution is -0.121. The van der Waals surface area contributed by atoms with Crippen LogP contribution < -0.4 is 15.0 Å². The maximum atomic E-state index is 13.2. The fraction of sp³-hybridized carbons (Fsp3) is 0.143. The van der Waals surface area contributed by atoms with Crippen molar-refractivity contribution < 1.29 is 14.3 Å². The number of rotatable bonds is 5. The summed E-state index contributed by atoms with van der Waals surface area (Å²) in [6, 6.07) is 12.2. The highest BCUT2D eigenvalue weighted by atomic mass is 32.2. The SMILES string of the molecule is CCN1C(=O)C(=Cc2c(Oc3ccc(OC)cc3)nc3ccccn3c2=O)SC1=S. The summed E-state index contributed by atoms with van der Waals surface area (Å²) in [7, 11) is 1.58. The molecule has 0 saturated carbocycles. The largest absolute Gasteiger partial charge is 0.497 e. The third-order valence-corrected chi connectivity index (χ3v) is 5.85. The Kier molecular flexibility index (Phi) is 5.56. The van der Waals surface area contributed by atoms with Crippen molar-refractivity contribution in [3.63, 3.8) is 0 Å². The second-order valence-electron chi connectivity index (χ2n) is 6.27. The van der Waals surface area contributed by atoms with E-state index in [1.165, 1.54) is 15.4 Å². The molecule has 1 amide bonds. The number of likely N-dealkylation sites (N-methyl/N-ethyl adjacent to an activating group) is 1. The second-order valence-corrected chi connectivity index (χ2v) is 7.94. The fourth-order valence-electron chi connectivity index (χ4n) is 2.94. The standard InChI is InChI=1S/C21H17N3O4S2/c1-3-23-20(26)16(30-21(23)29)12-15-18(28-14-9-7-13(27-2)8-10-14)22-17-6-4-5-11-24(17)19(15)25/h4-12H,3H2,1-2H3. The fourth-order valence-corrected chi connectivity index (χ4v) is 4.31. The molecule has 3 heterocycles. The van der Waals surface area contributed by atoms with E-state index in [0.29, 0.717) is 32.9 Å². The molecule has 0 N–H and O–H groups in total. The van der Waals surface area contributed by atoms with Gasteiger partial charge < -0.3 is 9.47 Å². The number of benzene rings is 1. The molecule has 0 bridgehead atoms. The molecule has 3 aromatic rings. The second kappa shape index (κ2) is 8.29. The number of thioether (sulfide) groups is 1. The maximum absolute atomic E-state index is 13.2. The minimum Gasteiger partial charge on any atom is -0.497 e. The van der Waals surface area contributed by atoms with Gasteiger partial charge in [0.25, 0.3) is 11.5 Å². The average Bonchev–Trinajstić information content (AvgIpc) is 3.03. The van der Waals surface area contributed by atoms with Crippen LogP contribution in [0.3, 0.4) is 0 Å². The zero-order valence-corrected chi connectivity index (χ0v) is 17.8. The first kappa shape index (κ1) is 20.1. The Balaban J connectivity index is 1.84. The molecule has 1 fully saturated rings. The Morgan fingerprint density at radius 1 is 1.13 bits per heavy atom. The highest BCUT2D eigenvalue weighted by Crippen LogP contribution is 2.34. The molecule has 0 radical (unpaired) electrons. The van der Waals surface area contributed by atoms with E-state index in [-0.39, 0.29) is 22.9 Å². The molecular weight excluding hydrogens is 422 g/mol. The molecule has 0 atom stereocenters. The van der Waals surface area contributed by atoms with Crippen LogP contribution in [0.5, 0.6) is 17.4 Å². The number of carbonyl (C=O) groups is 1. The van der Waals surface area contributed by atoms with Crippen molar-refractivity contribution in [2.75, 3.05) is 13.7 Å². The number of hydrogen-bond acceptors (Lipinski definition) is 7. The Morgan fingerprint density at radius 2 is 1.87 bits per heavy atom. The van der Waals surface area contributed by atoms with Crippen LogP contribution in [0.1, 0.15) is 12.5 Å². The molecule has 30 heavy (non-hydrogen) atoms. The van der Waals surface area contributed by atoms with Gasteiger partial charge in [0.1, 0.15) is 27.0 Å². The Labute approximate surface area is 181 Å². The summed E-state index contributed by atoms with van der Waals surface area (Å²) >= 11 is 6.42. The van der Waals surface area contributed by atoms with Gasteiger partial charge in [-0.2, -0.15) is 4.98 Å². The maximum Gasteiger partial charge on any atom is 0.269 e. The van der Waals surface area contributed by atoms with Gasteiger partial charge in [0, 0.05) is 12.7 Å². The third kappa shape index (κ3) is 3.69. The minimum atomic E-state index is -0.342. The summed E-state index contributed by atoms with van der Waals surface area (Å²) in [6.45, 7) is 2.31. The monoisotopic (exact) mass is 439 g/mol. The van der Waals surface area contributed by atoms with Crippen LogP contribution in [0.4, 0.5) is 0 Å². The lowest BCUT2D eigenvalue weighted by atomic mass is 10.2. The highest BCUT2D eigenvalue weighted by Gasteiger charge is 2.31.